The number of carbonyl (C=O) groups excluding carboxylic acids is 3. The molecular formula is C22H16N6O4. The van der Waals surface area contributed by atoms with E-state index in [9.17, 15) is 19.6 Å². The van der Waals surface area contributed by atoms with Crippen LogP contribution in [0.25, 0.3) is 10.8 Å². The van der Waals surface area contributed by atoms with Crippen LogP contribution in [-0.4, -0.2) is 62.5 Å². The number of likely N-dealkylation sites (tertiary alicyclic amines) is 1. The lowest BCUT2D eigenvalue weighted by molar-refractivity contribution is -0.121. The first kappa shape index (κ1) is 18.5. The number of imide groups is 1. The molecule has 10 heteroatoms. The molecule has 3 aliphatic heterocycles. The van der Waals surface area contributed by atoms with Gasteiger partial charge in [-0.3, -0.25) is 9.59 Å². The van der Waals surface area contributed by atoms with Crippen molar-refractivity contribution in [3.05, 3.63) is 53.7 Å². The molecule has 2 aromatic heterocycles. The molecule has 158 valence electrons. The molecule has 3 atom stereocenters. The molecule has 1 aromatic carbocycles. The first-order valence-corrected chi connectivity index (χ1v) is 10.2. The van der Waals surface area contributed by atoms with Crippen molar-refractivity contribution >= 4 is 34.3 Å². The maximum Gasteiger partial charge on any atom is 0.332 e. The van der Waals surface area contributed by atoms with Crippen LogP contribution in [0.3, 0.4) is 0 Å². The molecular weight excluding hydrogens is 412 g/mol. The highest BCUT2D eigenvalue weighted by Gasteiger charge is 2.63. The molecule has 3 saturated heterocycles. The fourth-order valence-electron chi connectivity index (χ4n) is 5.17. The van der Waals surface area contributed by atoms with Gasteiger partial charge in [-0.1, -0.05) is 29.4 Å². The van der Waals surface area contributed by atoms with E-state index in [1.54, 1.807) is 47.1 Å². The fraction of sp³-hybridized carbons (Fsp3) is 0.273. The fourth-order valence-corrected chi connectivity index (χ4v) is 5.17. The van der Waals surface area contributed by atoms with Crippen molar-refractivity contribution in [3.8, 4) is 6.07 Å². The minimum Gasteiger partial charge on any atom is -0.361 e. The quantitative estimate of drug-likeness (QED) is 0.571. The van der Waals surface area contributed by atoms with E-state index in [-0.39, 0.29) is 23.3 Å². The highest BCUT2D eigenvalue weighted by Crippen LogP contribution is 2.43. The van der Waals surface area contributed by atoms with Crippen molar-refractivity contribution in [1.82, 2.24) is 19.9 Å². The van der Waals surface area contributed by atoms with Crippen molar-refractivity contribution in [3.63, 3.8) is 0 Å². The van der Waals surface area contributed by atoms with Crippen LogP contribution in [0.4, 0.5) is 10.5 Å². The number of anilines is 1. The Hall–Kier alpha value is -4.26. The molecule has 0 aliphatic carbocycles. The molecule has 10 nitrogen and oxygen atoms in total. The normalized spacial score (nSPS) is 23.9. The summed E-state index contributed by atoms with van der Waals surface area (Å²) in [7, 11) is 0. The highest BCUT2D eigenvalue weighted by atomic mass is 16.5. The van der Waals surface area contributed by atoms with E-state index >= 15 is 0 Å². The third-order valence-corrected chi connectivity index (χ3v) is 6.49. The number of amides is 4. The van der Waals surface area contributed by atoms with Gasteiger partial charge in [-0.15, -0.1) is 0 Å². The Balaban J connectivity index is 1.38. The van der Waals surface area contributed by atoms with Gasteiger partial charge in [0.15, 0.2) is 5.69 Å². The largest absolute Gasteiger partial charge is 0.361 e. The number of nitrogens with zero attached hydrogens (tertiary/aromatic N) is 6. The average molecular weight is 428 g/mol. The predicted octanol–water partition coefficient (Wildman–Crippen LogP) is 1.84. The van der Waals surface area contributed by atoms with Crippen LogP contribution >= 0.6 is 0 Å². The summed E-state index contributed by atoms with van der Waals surface area (Å²) in [5, 5.41) is 14.3. The van der Waals surface area contributed by atoms with Gasteiger partial charge < -0.3 is 14.3 Å². The zero-order valence-electron chi connectivity index (χ0n) is 16.9. The minimum atomic E-state index is -0.757. The third-order valence-electron chi connectivity index (χ3n) is 6.49. The van der Waals surface area contributed by atoms with Gasteiger partial charge in [-0.2, -0.15) is 5.26 Å². The second kappa shape index (κ2) is 6.37. The third kappa shape index (κ3) is 2.30. The van der Waals surface area contributed by atoms with E-state index in [0.717, 1.165) is 4.90 Å². The Morgan fingerprint density at radius 3 is 2.75 bits per heavy atom. The topological polar surface area (TPSA) is 124 Å². The predicted molar refractivity (Wildman–Crippen MR) is 109 cm³/mol. The van der Waals surface area contributed by atoms with Gasteiger partial charge in [0.05, 0.1) is 24.0 Å². The van der Waals surface area contributed by atoms with Gasteiger partial charge in [-0.25, -0.2) is 14.7 Å². The Labute approximate surface area is 181 Å². The molecule has 6 rings (SSSR count). The summed E-state index contributed by atoms with van der Waals surface area (Å²) in [5.74, 6) is -0.177. The Bertz CT molecular complexity index is 1370. The van der Waals surface area contributed by atoms with Gasteiger partial charge in [0.1, 0.15) is 23.6 Å². The van der Waals surface area contributed by atoms with Crippen LogP contribution < -0.4 is 4.90 Å². The standard InChI is InChI=1S/C22H16N6O4/c1-11-6-15(25-32-11)20(29)26-10-12-7-17(26)19-21(30)28(22(31)27(12)19)18-9-24-16(8-23)13-4-2-3-5-14(13)18/h2-6,9,12,17,19H,7,10H2,1H3. The molecule has 3 fully saturated rings. The summed E-state index contributed by atoms with van der Waals surface area (Å²) < 4.78 is 5.02. The Morgan fingerprint density at radius 1 is 1.25 bits per heavy atom. The van der Waals surface area contributed by atoms with Crippen LogP contribution in [-0.2, 0) is 4.79 Å². The number of benzene rings is 1. The number of carbonyl (C=O) groups is 3. The van der Waals surface area contributed by atoms with Crippen LogP contribution in [0.15, 0.2) is 41.1 Å². The first-order chi connectivity index (χ1) is 15.5. The first-order valence-electron chi connectivity index (χ1n) is 10.2. The molecule has 0 N–H and O–H groups in total. The second-order valence-corrected chi connectivity index (χ2v) is 8.19. The molecule has 0 spiro atoms. The molecule has 3 aromatic rings. The van der Waals surface area contributed by atoms with Gasteiger partial charge in [-0.05, 0) is 13.3 Å². The van der Waals surface area contributed by atoms with Crippen LogP contribution in [0.2, 0.25) is 0 Å². The number of nitriles is 1. The number of rotatable bonds is 2. The molecule has 0 radical (unpaired) electrons. The molecule has 0 saturated carbocycles. The number of hydrogen-bond acceptors (Lipinski definition) is 7. The van der Waals surface area contributed by atoms with Crippen LogP contribution in [0.1, 0.15) is 28.4 Å². The lowest BCUT2D eigenvalue weighted by Crippen LogP contribution is -2.54. The van der Waals surface area contributed by atoms with Gasteiger partial charge >= 0.3 is 6.03 Å². The molecule has 3 aliphatic rings. The molecule has 32 heavy (non-hydrogen) atoms. The van der Waals surface area contributed by atoms with Crippen molar-refractivity contribution in [2.45, 2.75) is 31.5 Å². The number of pyridine rings is 1. The molecule has 3 unspecified atom stereocenters. The van der Waals surface area contributed by atoms with Crippen LogP contribution in [0.5, 0.6) is 0 Å². The molecule has 5 heterocycles. The monoisotopic (exact) mass is 428 g/mol. The van der Waals surface area contributed by atoms with Gasteiger partial charge in [0.25, 0.3) is 11.8 Å². The van der Waals surface area contributed by atoms with E-state index in [4.69, 9.17) is 4.52 Å². The number of fused-ring (bicyclic) bond motifs is 6. The minimum absolute atomic E-state index is 0.192. The van der Waals surface area contributed by atoms with E-state index in [1.165, 1.54) is 6.20 Å². The maximum absolute atomic E-state index is 13.5. The van der Waals surface area contributed by atoms with Crippen LogP contribution in [0, 0.1) is 18.3 Å². The smallest absolute Gasteiger partial charge is 0.332 e. The van der Waals surface area contributed by atoms with Crippen molar-refractivity contribution in [2.24, 2.45) is 0 Å². The average Bonchev–Trinajstić information content (AvgIpc) is 3.56. The summed E-state index contributed by atoms with van der Waals surface area (Å²) in [6.07, 6.45) is 1.94. The van der Waals surface area contributed by atoms with E-state index in [0.29, 0.717) is 35.2 Å². The van der Waals surface area contributed by atoms with Gasteiger partial charge in [0.2, 0.25) is 0 Å². The van der Waals surface area contributed by atoms with E-state index in [1.807, 2.05) is 6.07 Å². The van der Waals surface area contributed by atoms with E-state index in [2.05, 4.69) is 10.1 Å². The number of urea groups is 1. The lowest BCUT2D eigenvalue weighted by atomic mass is 10.1. The number of aryl methyl sites for hydroxylation is 1. The van der Waals surface area contributed by atoms with Crippen molar-refractivity contribution < 1.29 is 18.9 Å². The summed E-state index contributed by atoms with van der Waals surface area (Å²) in [5.41, 5.74) is 0.759. The second-order valence-electron chi connectivity index (χ2n) is 8.19. The summed E-state index contributed by atoms with van der Waals surface area (Å²) in [6, 6.07) is 8.80. The SMILES string of the molecule is Cc1cc(C(=O)N2CC3CC2C2C(=O)N(c4cnc(C#N)c5ccccc45)C(=O)N32)no1. The maximum atomic E-state index is 13.5. The number of aromatic nitrogens is 2. The number of piperazine rings is 1. The Morgan fingerprint density at radius 2 is 2.03 bits per heavy atom. The summed E-state index contributed by atoms with van der Waals surface area (Å²) >= 11 is 0. The number of hydrogen-bond donors (Lipinski definition) is 0. The summed E-state index contributed by atoms with van der Waals surface area (Å²) in [6.45, 7) is 2.04. The van der Waals surface area contributed by atoms with Crippen molar-refractivity contribution in [2.75, 3.05) is 11.4 Å². The summed E-state index contributed by atoms with van der Waals surface area (Å²) in [4.78, 5) is 48.3. The lowest BCUT2D eigenvalue weighted by Gasteiger charge is -2.34. The Kier molecular flexibility index (Phi) is 3.68. The van der Waals surface area contributed by atoms with E-state index < -0.39 is 24.0 Å². The van der Waals surface area contributed by atoms with Gasteiger partial charge in [0, 0.05) is 23.4 Å². The zero-order valence-corrected chi connectivity index (χ0v) is 16.9. The van der Waals surface area contributed by atoms with Crippen molar-refractivity contribution in [1.29, 1.82) is 5.26 Å². The zero-order chi connectivity index (χ0) is 22.1. The molecule has 4 amide bonds. The molecule has 2 bridgehead atoms. The highest BCUT2D eigenvalue weighted by molar-refractivity contribution is 6.25.